The van der Waals surface area contributed by atoms with Crippen molar-refractivity contribution in [3.05, 3.63) is 55.9 Å². The van der Waals surface area contributed by atoms with E-state index in [2.05, 4.69) is 22.9 Å². The van der Waals surface area contributed by atoms with Gasteiger partial charge in [-0.15, -0.1) is 11.3 Å². The molecular weight excluding hydrogens is 315 g/mol. The number of carbonyl (C=O) groups excluding carboxylic acids is 1. The molecule has 94 valence electrons. The Bertz CT molecular complexity index is 577. The minimum atomic E-state index is -0.310. The molecular formula is C14H12BrFOS. The molecule has 0 unspecified atom stereocenters. The van der Waals surface area contributed by atoms with Crippen molar-refractivity contribution < 1.29 is 9.18 Å². The number of rotatable bonds is 4. The third kappa shape index (κ3) is 3.06. The van der Waals surface area contributed by atoms with Crippen LogP contribution in [0.3, 0.4) is 0 Å². The Labute approximate surface area is 118 Å². The van der Waals surface area contributed by atoms with Crippen molar-refractivity contribution in [1.82, 2.24) is 0 Å². The second-order valence-corrected chi connectivity index (χ2v) is 5.99. The largest absolute Gasteiger partial charge is 0.293 e. The summed E-state index contributed by atoms with van der Waals surface area (Å²) in [5, 5.41) is 0. The molecule has 0 aliphatic carbocycles. The molecule has 0 atom stereocenters. The second kappa shape index (κ2) is 5.76. The van der Waals surface area contributed by atoms with Crippen molar-refractivity contribution in [3.63, 3.8) is 0 Å². The standard InChI is InChI=1S/C14H12BrFOS/c1-2-10-4-6-14(18-10)13(17)8-9-3-5-12(16)11(15)7-9/h3-7H,2,8H2,1H3. The maximum Gasteiger partial charge on any atom is 0.177 e. The van der Waals surface area contributed by atoms with E-state index in [1.54, 1.807) is 12.1 Å². The highest BCUT2D eigenvalue weighted by molar-refractivity contribution is 9.10. The van der Waals surface area contributed by atoms with E-state index in [4.69, 9.17) is 0 Å². The lowest BCUT2D eigenvalue weighted by Gasteiger charge is -2.01. The average Bonchev–Trinajstić information content (AvgIpc) is 2.82. The molecule has 1 heterocycles. The van der Waals surface area contributed by atoms with Gasteiger partial charge in [-0.05, 0) is 52.2 Å². The van der Waals surface area contributed by atoms with Gasteiger partial charge in [-0.25, -0.2) is 4.39 Å². The summed E-state index contributed by atoms with van der Waals surface area (Å²) in [5.74, 6) is -0.228. The van der Waals surface area contributed by atoms with Crippen molar-refractivity contribution in [2.24, 2.45) is 0 Å². The van der Waals surface area contributed by atoms with Gasteiger partial charge in [0.2, 0.25) is 0 Å². The second-order valence-electron chi connectivity index (χ2n) is 3.97. The smallest absolute Gasteiger partial charge is 0.177 e. The fourth-order valence-corrected chi connectivity index (χ4v) is 2.95. The van der Waals surface area contributed by atoms with Crippen LogP contribution in [0.2, 0.25) is 0 Å². The van der Waals surface area contributed by atoms with Gasteiger partial charge in [-0.3, -0.25) is 4.79 Å². The highest BCUT2D eigenvalue weighted by Crippen LogP contribution is 2.21. The predicted molar refractivity (Wildman–Crippen MR) is 75.8 cm³/mol. The van der Waals surface area contributed by atoms with Gasteiger partial charge in [0, 0.05) is 11.3 Å². The number of aryl methyl sites for hydroxylation is 1. The summed E-state index contributed by atoms with van der Waals surface area (Å²) in [6.45, 7) is 2.07. The molecule has 1 aromatic heterocycles. The van der Waals surface area contributed by atoms with Gasteiger partial charge >= 0.3 is 0 Å². The van der Waals surface area contributed by atoms with E-state index in [9.17, 15) is 9.18 Å². The molecule has 1 nitrogen and oxygen atoms in total. The molecule has 0 saturated heterocycles. The SMILES string of the molecule is CCc1ccc(C(=O)Cc2ccc(F)c(Br)c2)s1. The summed E-state index contributed by atoms with van der Waals surface area (Å²) in [6, 6.07) is 8.52. The van der Waals surface area contributed by atoms with E-state index in [1.807, 2.05) is 12.1 Å². The number of hydrogen-bond acceptors (Lipinski definition) is 2. The summed E-state index contributed by atoms with van der Waals surface area (Å²) >= 11 is 4.66. The third-order valence-electron chi connectivity index (χ3n) is 2.63. The maximum absolute atomic E-state index is 13.1. The third-order valence-corrected chi connectivity index (χ3v) is 4.51. The molecule has 0 spiro atoms. The number of benzene rings is 1. The number of thiophene rings is 1. The quantitative estimate of drug-likeness (QED) is 0.748. The van der Waals surface area contributed by atoms with Gasteiger partial charge in [0.15, 0.2) is 5.78 Å². The van der Waals surface area contributed by atoms with Crippen LogP contribution in [0.1, 0.15) is 27.0 Å². The van der Waals surface area contributed by atoms with Crippen LogP contribution in [0.25, 0.3) is 0 Å². The molecule has 0 amide bonds. The fourth-order valence-electron chi connectivity index (χ4n) is 1.64. The van der Waals surface area contributed by atoms with E-state index in [0.29, 0.717) is 10.9 Å². The zero-order valence-corrected chi connectivity index (χ0v) is 12.3. The van der Waals surface area contributed by atoms with Crippen LogP contribution in [0.4, 0.5) is 4.39 Å². The molecule has 0 saturated carbocycles. The van der Waals surface area contributed by atoms with Gasteiger partial charge in [0.25, 0.3) is 0 Å². The number of Topliss-reactive ketones (excluding diaryl/α,β-unsaturated/α-hetero) is 1. The summed E-state index contributed by atoms with van der Waals surface area (Å²) in [6.07, 6.45) is 1.25. The first-order valence-corrected chi connectivity index (χ1v) is 7.27. The summed E-state index contributed by atoms with van der Waals surface area (Å²) < 4.78 is 13.5. The Morgan fingerprint density at radius 2 is 2.11 bits per heavy atom. The fraction of sp³-hybridized carbons (Fsp3) is 0.214. The van der Waals surface area contributed by atoms with Crippen molar-refractivity contribution in [3.8, 4) is 0 Å². The molecule has 2 rings (SSSR count). The molecule has 0 aliphatic heterocycles. The zero-order valence-electron chi connectivity index (χ0n) is 9.87. The summed E-state index contributed by atoms with van der Waals surface area (Å²) in [4.78, 5) is 14.0. The Hall–Kier alpha value is -1.00. The van der Waals surface area contributed by atoms with Gasteiger partial charge in [-0.1, -0.05) is 13.0 Å². The molecule has 0 aliphatic rings. The van der Waals surface area contributed by atoms with Gasteiger partial charge in [0.05, 0.1) is 9.35 Å². The highest BCUT2D eigenvalue weighted by Gasteiger charge is 2.11. The van der Waals surface area contributed by atoms with Crippen LogP contribution in [-0.4, -0.2) is 5.78 Å². The molecule has 0 N–H and O–H groups in total. The lowest BCUT2D eigenvalue weighted by molar-refractivity contribution is 0.0997. The topological polar surface area (TPSA) is 17.1 Å². The number of halogens is 2. The number of carbonyl (C=O) groups is 1. The van der Waals surface area contributed by atoms with Crippen LogP contribution in [-0.2, 0) is 12.8 Å². The first kappa shape index (κ1) is 13.4. The predicted octanol–water partition coefficient (Wildman–Crippen LogP) is 4.64. The monoisotopic (exact) mass is 326 g/mol. The van der Waals surface area contributed by atoms with Crippen LogP contribution >= 0.6 is 27.3 Å². The van der Waals surface area contributed by atoms with E-state index in [-0.39, 0.29) is 11.6 Å². The number of ketones is 1. The van der Waals surface area contributed by atoms with Crippen LogP contribution < -0.4 is 0 Å². The van der Waals surface area contributed by atoms with Crippen LogP contribution in [0, 0.1) is 5.82 Å². The van der Waals surface area contributed by atoms with E-state index in [0.717, 1.165) is 16.9 Å². The van der Waals surface area contributed by atoms with Crippen LogP contribution in [0.5, 0.6) is 0 Å². The summed E-state index contributed by atoms with van der Waals surface area (Å²) in [7, 11) is 0. The first-order valence-electron chi connectivity index (χ1n) is 5.66. The first-order chi connectivity index (χ1) is 8.60. The Morgan fingerprint density at radius 3 is 2.72 bits per heavy atom. The van der Waals surface area contributed by atoms with Crippen LogP contribution in [0.15, 0.2) is 34.8 Å². The van der Waals surface area contributed by atoms with Gasteiger partial charge in [0.1, 0.15) is 5.82 Å². The van der Waals surface area contributed by atoms with Crippen molar-refractivity contribution in [2.45, 2.75) is 19.8 Å². The van der Waals surface area contributed by atoms with E-state index in [1.165, 1.54) is 22.3 Å². The summed E-state index contributed by atoms with van der Waals surface area (Å²) in [5.41, 5.74) is 0.819. The zero-order chi connectivity index (χ0) is 13.1. The lowest BCUT2D eigenvalue weighted by Crippen LogP contribution is -2.01. The lowest BCUT2D eigenvalue weighted by atomic mass is 10.1. The maximum atomic E-state index is 13.1. The molecule has 1 aromatic carbocycles. The normalized spacial score (nSPS) is 10.6. The van der Waals surface area contributed by atoms with E-state index < -0.39 is 0 Å². The van der Waals surface area contributed by atoms with Crippen molar-refractivity contribution in [1.29, 1.82) is 0 Å². The van der Waals surface area contributed by atoms with Crippen molar-refractivity contribution in [2.75, 3.05) is 0 Å². The Kier molecular flexibility index (Phi) is 4.30. The molecule has 2 aromatic rings. The minimum Gasteiger partial charge on any atom is -0.293 e. The van der Waals surface area contributed by atoms with E-state index >= 15 is 0 Å². The average molecular weight is 327 g/mol. The molecule has 4 heteroatoms. The van der Waals surface area contributed by atoms with Gasteiger partial charge in [-0.2, -0.15) is 0 Å². The molecule has 0 radical (unpaired) electrons. The Balaban J connectivity index is 2.13. The highest BCUT2D eigenvalue weighted by atomic mass is 79.9. The minimum absolute atomic E-state index is 0.0817. The van der Waals surface area contributed by atoms with Crippen molar-refractivity contribution >= 4 is 33.0 Å². The Morgan fingerprint density at radius 1 is 1.33 bits per heavy atom. The van der Waals surface area contributed by atoms with Gasteiger partial charge < -0.3 is 0 Å². The molecule has 0 bridgehead atoms. The molecule has 18 heavy (non-hydrogen) atoms. The number of hydrogen-bond donors (Lipinski definition) is 0. The molecule has 0 fully saturated rings.